The number of hydrogen-bond acceptors (Lipinski definition) is 7. The first-order valence-corrected chi connectivity index (χ1v) is 16.9. The highest BCUT2D eigenvalue weighted by Crippen LogP contribution is 2.51. The molecule has 0 bridgehead atoms. The van der Waals surface area contributed by atoms with Gasteiger partial charge in [-0.05, 0) is 61.2 Å². The minimum absolute atomic E-state index is 0.0515. The van der Waals surface area contributed by atoms with Gasteiger partial charge in [-0.1, -0.05) is 42.5 Å². The SMILES string of the molecule is C[C@@]1(O)CN(C(=O)OCc2ccccc2)C[C@H]1NC(=O)C[C@@H]1CCc2cc(C(O)(C(F)(F)F)C(F)(F)F)ccc2N1S(=O)(=O)c1ccc(F)cc1. The standard InChI is InChI=1S/C33H32F7N3O7S/c1-30(46)19-42(29(45)50-18-20-5-3-2-4-6-20)17-27(30)41-28(44)16-24-11-7-21-15-22(31(47,32(35,36)37)33(38,39)40)8-14-26(21)43(24)51(48,49)25-12-9-23(34)10-13-25/h2-6,8-10,12-15,24,27,46-47H,7,11,16-19H2,1H3,(H,41,44)/t24-,27+,30+/m0/s1. The fourth-order valence-corrected chi connectivity index (χ4v) is 7.89. The summed E-state index contributed by atoms with van der Waals surface area (Å²) < 4.78 is 129. The van der Waals surface area contributed by atoms with Crippen LogP contribution in [0.25, 0.3) is 0 Å². The lowest BCUT2D eigenvalue weighted by Gasteiger charge is -2.39. The van der Waals surface area contributed by atoms with E-state index in [2.05, 4.69) is 5.32 Å². The van der Waals surface area contributed by atoms with Gasteiger partial charge in [-0.3, -0.25) is 9.10 Å². The van der Waals surface area contributed by atoms with Crippen molar-refractivity contribution in [3.05, 3.63) is 95.3 Å². The zero-order valence-electron chi connectivity index (χ0n) is 26.7. The fraction of sp³-hybridized carbons (Fsp3) is 0.394. The number of carbonyl (C=O) groups is 2. The molecular weight excluding hydrogens is 715 g/mol. The van der Waals surface area contributed by atoms with Gasteiger partial charge in [-0.2, -0.15) is 26.3 Å². The summed E-state index contributed by atoms with van der Waals surface area (Å²) in [4.78, 5) is 26.8. The molecule has 3 N–H and O–H groups in total. The summed E-state index contributed by atoms with van der Waals surface area (Å²) in [6.45, 7) is 0.912. The van der Waals surface area contributed by atoms with E-state index >= 15 is 0 Å². The molecule has 276 valence electrons. The molecule has 1 fully saturated rings. The van der Waals surface area contributed by atoms with Crippen molar-refractivity contribution >= 4 is 27.7 Å². The van der Waals surface area contributed by atoms with E-state index in [0.717, 1.165) is 24.3 Å². The Hall–Kier alpha value is -4.42. The maximum atomic E-state index is 13.9. The number of hydrogen-bond donors (Lipinski definition) is 3. The molecule has 3 aromatic carbocycles. The first-order chi connectivity index (χ1) is 23.6. The highest BCUT2D eigenvalue weighted by molar-refractivity contribution is 7.92. The molecule has 10 nitrogen and oxygen atoms in total. The van der Waals surface area contributed by atoms with Crippen LogP contribution in [0.1, 0.15) is 36.5 Å². The number of ether oxygens (including phenoxy) is 1. The highest BCUT2D eigenvalue weighted by Gasteiger charge is 2.71. The van der Waals surface area contributed by atoms with Crippen LogP contribution in [0.4, 0.5) is 41.2 Å². The average Bonchev–Trinajstić information content (AvgIpc) is 3.35. The van der Waals surface area contributed by atoms with Crippen LogP contribution in [0.3, 0.4) is 0 Å². The van der Waals surface area contributed by atoms with Crippen molar-refractivity contribution < 1.29 is 63.7 Å². The van der Waals surface area contributed by atoms with Crippen molar-refractivity contribution in [1.29, 1.82) is 0 Å². The summed E-state index contributed by atoms with van der Waals surface area (Å²) in [7, 11) is -4.73. The largest absolute Gasteiger partial charge is 0.445 e. The molecule has 3 aromatic rings. The summed E-state index contributed by atoms with van der Waals surface area (Å²) in [6.07, 6.45) is -14.3. The van der Waals surface area contributed by atoms with E-state index in [-0.39, 0.29) is 43.8 Å². The Labute approximate surface area is 287 Å². The third kappa shape index (κ3) is 7.48. The second kappa shape index (κ2) is 13.6. The van der Waals surface area contributed by atoms with E-state index in [1.807, 2.05) is 0 Å². The van der Waals surface area contributed by atoms with E-state index in [1.165, 1.54) is 11.8 Å². The first kappa shape index (κ1) is 37.8. The summed E-state index contributed by atoms with van der Waals surface area (Å²) in [5.41, 5.74) is -8.46. The molecule has 2 amide bonds. The lowest BCUT2D eigenvalue weighted by atomic mass is 9.87. The number of halogens is 7. The number of β-amino-alcohol motifs (C(OH)–C–C–N with tert-alkyl or cyclic N) is 1. The van der Waals surface area contributed by atoms with Gasteiger partial charge in [-0.25, -0.2) is 17.6 Å². The van der Waals surface area contributed by atoms with Gasteiger partial charge in [0.2, 0.25) is 5.91 Å². The normalized spacial score (nSPS) is 21.3. The number of nitrogens with zero attached hydrogens (tertiary/aromatic N) is 2. The Bertz CT molecular complexity index is 1860. The minimum atomic E-state index is -6.19. The van der Waals surface area contributed by atoms with Gasteiger partial charge in [0.1, 0.15) is 18.0 Å². The molecule has 3 atom stereocenters. The number of likely N-dealkylation sites (tertiary alicyclic amines) is 1. The molecule has 2 aliphatic rings. The van der Waals surface area contributed by atoms with Gasteiger partial charge in [0.15, 0.2) is 0 Å². The van der Waals surface area contributed by atoms with Crippen LogP contribution in [-0.4, -0.2) is 78.7 Å². The van der Waals surface area contributed by atoms with Crippen LogP contribution in [0.2, 0.25) is 0 Å². The Kier molecular flexibility index (Phi) is 10.1. The van der Waals surface area contributed by atoms with E-state index in [4.69, 9.17) is 4.74 Å². The van der Waals surface area contributed by atoms with E-state index in [9.17, 15) is 59.0 Å². The summed E-state index contributed by atoms with van der Waals surface area (Å²) in [5, 5.41) is 23.6. The molecule has 2 heterocycles. The van der Waals surface area contributed by atoms with Gasteiger partial charge in [0.05, 0.1) is 29.2 Å². The number of sulfonamides is 1. The lowest BCUT2D eigenvalue weighted by Crippen LogP contribution is -2.54. The number of aryl methyl sites for hydroxylation is 1. The van der Waals surface area contributed by atoms with Crippen LogP contribution in [-0.2, 0) is 38.2 Å². The Morgan fingerprint density at radius 2 is 1.61 bits per heavy atom. The van der Waals surface area contributed by atoms with Gasteiger partial charge in [0.25, 0.3) is 15.6 Å². The van der Waals surface area contributed by atoms with Crippen molar-refractivity contribution in [1.82, 2.24) is 10.2 Å². The molecule has 2 aliphatic heterocycles. The zero-order valence-corrected chi connectivity index (χ0v) is 27.5. The number of rotatable bonds is 8. The Balaban J connectivity index is 1.40. The van der Waals surface area contributed by atoms with E-state index in [1.54, 1.807) is 30.3 Å². The third-order valence-electron chi connectivity index (χ3n) is 8.89. The average molecular weight is 748 g/mol. The molecule has 18 heteroatoms. The quantitative estimate of drug-likeness (QED) is 0.279. The van der Waals surface area contributed by atoms with Gasteiger partial charge in [0, 0.05) is 18.5 Å². The number of anilines is 1. The number of alkyl halides is 6. The maximum Gasteiger partial charge on any atom is 0.430 e. The van der Waals surface area contributed by atoms with Gasteiger partial charge >= 0.3 is 18.4 Å². The van der Waals surface area contributed by atoms with Gasteiger partial charge < -0.3 is 25.2 Å². The van der Waals surface area contributed by atoms with Crippen molar-refractivity contribution in [3.8, 4) is 0 Å². The number of nitrogens with one attached hydrogen (secondary N) is 1. The van der Waals surface area contributed by atoms with Crippen LogP contribution < -0.4 is 9.62 Å². The zero-order chi connectivity index (χ0) is 37.6. The van der Waals surface area contributed by atoms with Crippen LogP contribution in [0.5, 0.6) is 0 Å². The predicted octanol–water partition coefficient (Wildman–Crippen LogP) is 4.93. The first-order valence-electron chi connectivity index (χ1n) is 15.4. The highest BCUT2D eigenvalue weighted by atomic mass is 32.2. The minimum Gasteiger partial charge on any atom is -0.445 e. The molecule has 5 rings (SSSR count). The molecule has 0 aliphatic carbocycles. The molecule has 51 heavy (non-hydrogen) atoms. The lowest BCUT2D eigenvalue weighted by molar-refractivity contribution is -0.376. The number of carbonyl (C=O) groups excluding carboxylic acids is 2. The Morgan fingerprint density at radius 1 is 0.980 bits per heavy atom. The third-order valence-corrected chi connectivity index (χ3v) is 10.8. The number of fused-ring (bicyclic) bond motifs is 1. The number of benzene rings is 3. The molecule has 1 saturated heterocycles. The second-order valence-corrected chi connectivity index (χ2v) is 14.4. The smallest absolute Gasteiger partial charge is 0.430 e. The summed E-state index contributed by atoms with van der Waals surface area (Å²) in [6, 6.07) is 11.3. The predicted molar refractivity (Wildman–Crippen MR) is 166 cm³/mol. The second-order valence-electron chi connectivity index (χ2n) is 12.6. The topological polar surface area (TPSA) is 136 Å². The van der Waals surface area contributed by atoms with Crippen LogP contribution in [0, 0.1) is 5.82 Å². The number of aliphatic hydroxyl groups is 2. The molecule has 0 spiro atoms. The molecule has 0 aromatic heterocycles. The molecular formula is C33H32F7N3O7S. The number of amides is 2. The summed E-state index contributed by atoms with van der Waals surface area (Å²) >= 11 is 0. The monoisotopic (exact) mass is 747 g/mol. The fourth-order valence-electron chi connectivity index (χ4n) is 6.18. The summed E-state index contributed by atoms with van der Waals surface area (Å²) in [5.74, 6) is -1.60. The van der Waals surface area contributed by atoms with E-state index < -0.39 is 80.4 Å². The van der Waals surface area contributed by atoms with Crippen LogP contribution >= 0.6 is 0 Å². The van der Waals surface area contributed by atoms with Crippen molar-refractivity contribution in [3.63, 3.8) is 0 Å². The van der Waals surface area contributed by atoms with Crippen molar-refractivity contribution in [2.75, 3.05) is 17.4 Å². The molecule has 0 unspecified atom stereocenters. The van der Waals surface area contributed by atoms with Crippen molar-refractivity contribution in [2.45, 2.75) is 73.3 Å². The molecule has 0 saturated carbocycles. The molecule has 0 radical (unpaired) electrons. The maximum absolute atomic E-state index is 13.9. The van der Waals surface area contributed by atoms with Crippen LogP contribution in [0.15, 0.2) is 77.7 Å². The van der Waals surface area contributed by atoms with Crippen molar-refractivity contribution in [2.24, 2.45) is 0 Å². The van der Waals surface area contributed by atoms with E-state index in [0.29, 0.717) is 28.1 Å². The Morgan fingerprint density at radius 3 is 2.22 bits per heavy atom. The van der Waals surface area contributed by atoms with Gasteiger partial charge in [-0.15, -0.1) is 0 Å².